The van der Waals surface area contributed by atoms with Crippen LogP contribution in [-0.2, 0) is 15.6 Å². The zero-order chi connectivity index (χ0) is 15.2. The molecule has 106 valence electrons. The Labute approximate surface area is 133 Å². The van der Waals surface area contributed by atoms with E-state index in [-0.39, 0.29) is 11.7 Å². The predicted octanol–water partition coefficient (Wildman–Crippen LogP) is 3.07. The van der Waals surface area contributed by atoms with Crippen molar-refractivity contribution in [2.75, 3.05) is 11.1 Å². The van der Waals surface area contributed by atoms with Crippen LogP contribution >= 0.6 is 15.9 Å². The van der Waals surface area contributed by atoms with Crippen molar-refractivity contribution in [2.45, 2.75) is 4.90 Å². The van der Waals surface area contributed by atoms with Gasteiger partial charge in [-0.15, -0.1) is 0 Å². The Kier molecular flexibility index (Phi) is 5.26. The molecule has 1 atom stereocenters. The van der Waals surface area contributed by atoms with Crippen LogP contribution in [0.4, 0.5) is 5.69 Å². The zero-order valence-electron chi connectivity index (χ0n) is 10.9. The van der Waals surface area contributed by atoms with Gasteiger partial charge in [-0.05, 0) is 48.5 Å². The maximum absolute atomic E-state index is 12.0. The smallest absolute Gasteiger partial charge is 0.237 e. The molecule has 0 saturated carbocycles. The summed E-state index contributed by atoms with van der Waals surface area (Å²) in [6.45, 7) is 0. The molecule has 1 N–H and O–H groups in total. The number of benzene rings is 2. The zero-order valence-corrected chi connectivity index (χ0v) is 13.3. The van der Waals surface area contributed by atoms with E-state index in [4.69, 9.17) is 5.26 Å². The highest BCUT2D eigenvalue weighted by molar-refractivity contribution is 9.10. The first-order valence-electron chi connectivity index (χ1n) is 6.02. The van der Waals surface area contributed by atoms with Crippen molar-refractivity contribution in [1.82, 2.24) is 0 Å². The molecule has 0 radical (unpaired) electrons. The number of amides is 1. The molecule has 4 nitrogen and oxygen atoms in total. The Balaban J connectivity index is 1.96. The van der Waals surface area contributed by atoms with E-state index in [2.05, 4.69) is 21.2 Å². The normalized spacial score (nSPS) is 11.4. The van der Waals surface area contributed by atoms with Crippen LogP contribution in [0.5, 0.6) is 0 Å². The summed E-state index contributed by atoms with van der Waals surface area (Å²) in [6, 6.07) is 15.5. The summed E-state index contributed by atoms with van der Waals surface area (Å²) < 4.78 is 12.9. The number of nitrogens with zero attached hydrogens (tertiary/aromatic N) is 1. The highest BCUT2D eigenvalue weighted by atomic mass is 79.9. The maximum Gasteiger partial charge on any atom is 0.237 e. The molecule has 0 aromatic heterocycles. The van der Waals surface area contributed by atoms with E-state index >= 15 is 0 Å². The van der Waals surface area contributed by atoms with E-state index in [1.807, 2.05) is 6.07 Å². The molecule has 1 amide bonds. The van der Waals surface area contributed by atoms with Crippen LogP contribution < -0.4 is 5.32 Å². The molecule has 0 aliphatic carbocycles. The number of halogens is 1. The van der Waals surface area contributed by atoms with Crippen molar-refractivity contribution in [3.8, 4) is 6.07 Å². The van der Waals surface area contributed by atoms with Crippen LogP contribution in [0, 0.1) is 11.3 Å². The number of hydrogen-bond donors (Lipinski definition) is 1. The van der Waals surface area contributed by atoms with Crippen molar-refractivity contribution in [3.05, 3.63) is 58.6 Å². The van der Waals surface area contributed by atoms with Crippen molar-refractivity contribution in [2.24, 2.45) is 0 Å². The second kappa shape index (κ2) is 7.16. The number of carbonyl (C=O) groups excluding carboxylic acids is 1. The van der Waals surface area contributed by atoms with Gasteiger partial charge in [-0.2, -0.15) is 5.26 Å². The number of rotatable bonds is 4. The van der Waals surface area contributed by atoms with Gasteiger partial charge >= 0.3 is 0 Å². The van der Waals surface area contributed by atoms with Crippen LogP contribution in [0.3, 0.4) is 0 Å². The maximum atomic E-state index is 12.0. The summed E-state index contributed by atoms with van der Waals surface area (Å²) in [4.78, 5) is 12.4. The average molecular weight is 363 g/mol. The van der Waals surface area contributed by atoms with Gasteiger partial charge < -0.3 is 5.32 Å². The quantitative estimate of drug-likeness (QED) is 0.908. The second-order valence-electron chi connectivity index (χ2n) is 4.18. The van der Waals surface area contributed by atoms with Gasteiger partial charge in [0.25, 0.3) is 0 Å². The highest BCUT2D eigenvalue weighted by Gasteiger charge is 2.10. The SMILES string of the molecule is N#Cc1ccc(NC(=O)CS(=O)c2ccc(Br)cc2)cc1. The molecule has 0 saturated heterocycles. The lowest BCUT2D eigenvalue weighted by molar-refractivity contribution is -0.113. The van der Waals surface area contributed by atoms with Crippen molar-refractivity contribution < 1.29 is 9.00 Å². The van der Waals surface area contributed by atoms with E-state index < -0.39 is 10.8 Å². The van der Waals surface area contributed by atoms with Crippen LogP contribution in [0.15, 0.2) is 57.9 Å². The summed E-state index contributed by atoms with van der Waals surface area (Å²) in [5.74, 6) is -0.442. The fraction of sp³-hybridized carbons (Fsp3) is 0.0667. The van der Waals surface area contributed by atoms with Gasteiger partial charge in [0.1, 0.15) is 5.75 Å². The summed E-state index contributed by atoms with van der Waals surface area (Å²) in [7, 11) is -1.39. The molecule has 0 heterocycles. The minimum atomic E-state index is -1.39. The fourth-order valence-corrected chi connectivity index (χ4v) is 2.79. The topological polar surface area (TPSA) is 70.0 Å². The Morgan fingerprint density at radius 2 is 1.76 bits per heavy atom. The first-order valence-corrected chi connectivity index (χ1v) is 8.13. The summed E-state index contributed by atoms with van der Waals surface area (Å²) in [5.41, 5.74) is 1.10. The van der Waals surface area contributed by atoms with Gasteiger partial charge in [0.2, 0.25) is 5.91 Å². The predicted molar refractivity (Wildman–Crippen MR) is 85.2 cm³/mol. The Hall–Kier alpha value is -1.97. The first-order chi connectivity index (χ1) is 10.1. The second-order valence-corrected chi connectivity index (χ2v) is 6.55. The van der Waals surface area contributed by atoms with E-state index in [1.54, 1.807) is 48.5 Å². The molecule has 2 aromatic rings. The van der Waals surface area contributed by atoms with Crippen LogP contribution in [0.2, 0.25) is 0 Å². The van der Waals surface area contributed by atoms with Crippen LogP contribution in [0.25, 0.3) is 0 Å². The molecule has 2 rings (SSSR count). The lowest BCUT2D eigenvalue weighted by Gasteiger charge is -2.05. The van der Waals surface area contributed by atoms with Gasteiger partial charge in [-0.1, -0.05) is 15.9 Å². The van der Waals surface area contributed by atoms with E-state index in [0.717, 1.165) is 4.47 Å². The van der Waals surface area contributed by atoms with Crippen molar-refractivity contribution in [1.29, 1.82) is 5.26 Å². The van der Waals surface area contributed by atoms with Gasteiger partial charge in [0.15, 0.2) is 0 Å². The number of nitrogens with one attached hydrogen (secondary N) is 1. The van der Waals surface area contributed by atoms with Crippen molar-refractivity contribution >= 4 is 38.3 Å². The van der Waals surface area contributed by atoms with Gasteiger partial charge in [-0.3, -0.25) is 9.00 Å². The molecule has 0 aliphatic rings. The van der Waals surface area contributed by atoms with E-state index in [0.29, 0.717) is 16.1 Å². The minimum absolute atomic E-state index is 0.109. The van der Waals surface area contributed by atoms with Crippen LogP contribution in [0.1, 0.15) is 5.56 Å². The molecular formula is C15H11BrN2O2S. The standard InChI is InChI=1S/C15H11BrN2O2S/c16-12-3-7-14(8-4-12)21(20)10-15(19)18-13-5-1-11(9-17)2-6-13/h1-8H,10H2,(H,18,19). The third-order valence-electron chi connectivity index (χ3n) is 2.64. The molecule has 21 heavy (non-hydrogen) atoms. The molecule has 0 fully saturated rings. The molecule has 0 spiro atoms. The van der Waals surface area contributed by atoms with E-state index in [9.17, 15) is 9.00 Å². The number of hydrogen-bond acceptors (Lipinski definition) is 3. The Bertz CT molecular complexity index is 706. The molecule has 2 aromatic carbocycles. The van der Waals surface area contributed by atoms with Gasteiger partial charge in [0.05, 0.1) is 22.4 Å². The Morgan fingerprint density at radius 3 is 2.33 bits per heavy atom. The molecule has 0 bridgehead atoms. The lowest BCUT2D eigenvalue weighted by atomic mass is 10.2. The number of carbonyl (C=O) groups is 1. The van der Waals surface area contributed by atoms with Gasteiger partial charge in [0, 0.05) is 15.1 Å². The van der Waals surface area contributed by atoms with Gasteiger partial charge in [-0.25, -0.2) is 0 Å². The largest absolute Gasteiger partial charge is 0.325 e. The summed E-state index contributed by atoms with van der Waals surface area (Å²) >= 11 is 3.30. The van der Waals surface area contributed by atoms with Crippen LogP contribution in [-0.4, -0.2) is 15.9 Å². The van der Waals surface area contributed by atoms with Crippen molar-refractivity contribution in [3.63, 3.8) is 0 Å². The molecule has 1 unspecified atom stereocenters. The third kappa shape index (κ3) is 4.52. The minimum Gasteiger partial charge on any atom is -0.325 e. The average Bonchev–Trinajstić information content (AvgIpc) is 2.48. The molecule has 6 heteroatoms. The first kappa shape index (κ1) is 15.4. The molecular weight excluding hydrogens is 352 g/mol. The lowest BCUT2D eigenvalue weighted by Crippen LogP contribution is -2.19. The number of nitriles is 1. The fourth-order valence-electron chi connectivity index (χ4n) is 1.61. The summed E-state index contributed by atoms with van der Waals surface area (Å²) in [5, 5.41) is 11.3. The summed E-state index contributed by atoms with van der Waals surface area (Å²) in [6.07, 6.45) is 0. The number of anilines is 1. The third-order valence-corrected chi connectivity index (χ3v) is 4.49. The van der Waals surface area contributed by atoms with E-state index in [1.165, 1.54) is 0 Å². The molecule has 0 aliphatic heterocycles. The highest BCUT2D eigenvalue weighted by Crippen LogP contribution is 2.14. The Morgan fingerprint density at radius 1 is 1.14 bits per heavy atom. The monoisotopic (exact) mass is 362 g/mol.